The highest BCUT2D eigenvalue weighted by Gasteiger charge is 2.15. The Kier molecular flexibility index (Phi) is 4.40. The highest BCUT2D eigenvalue weighted by atomic mass is 16.5. The zero-order chi connectivity index (χ0) is 12.1. The number of nitrogens with one attached hydrogen (secondary N) is 2. The molecule has 1 atom stereocenters. The number of benzene rings is 1. The normalized spacial score (nSPS) is 20.2. The van der Waals surface area contributed by atoms with Gasteiger partial charge in [0.1, 0.15) is 5.75 Å². The Morgan fingerprint density at radius 2 is 2.24 bits per heavy atom. The Bertz CT molecular complexity index is 359. The number of rotatable bonds is 4. The third-order valence-corrected chi connectivity index (χ3v) is 3.34. The maximum atomic E-state index is 5.44. The SMILES string of the molecule is CCc1ccc(OC)c(CC2CNCCN2)c1. The van der Waals surface area contributed by atoms with Crippen molar-refractivity contribution >= 4 is 0 Å². The summed E-state index contributed by atoms with van der Waals surface area (Å²) in [6, 6.07) is 7.03. The monoisotopic (exact) mass is 234 g/mol. The molecule has 0 bridgehead atoms. The molecule has 1 aromatic rings. The van der Waals surface area contributed by atoms with E-state index in [1.165, 1.54) is 11.1 Å². The van der Waals surface area contributed by atoms with Gasteiger partial charge in [0.25, 0.3) is 0 Å². The van der Waals surface area contributed by atoms with E-state index in [2.05, 4.69) is 35.8 Å². The first-order chi connectivity index (χ1) is 8.33. The lowest BCUT2D eigenvalue weighted by Crippen LogP contribution is -2.49. The Balaban J connectivity index is 2.11. The van der Waals surface area contributed by atoms with Crippen molar-refractivity contribution in [1.82, 2.24) is 10.6 Å². The largest absolute Gasteiger partial charge is 0.496 e. The van der Waals surface area contributed by atoms with Crippen LogP contribution in [0.25, 0.3) is 0 Å². The number of piperazine rings is 1. The van der Waals surface area contributed by atoms with Gasteiger partial charge in [-0.2, -0.15) is 0 Å². The Hall–Kier alpha value is -1.06. The standard InChI is InChI=1S/C14H22N2O/c1-3-11-4-5-14(17-2)12(8-11)9-13-10-15-6-7-16-13/h4-5,8,13,15-16H,3,6-7,9-10H2,1-2H3. The summed E-state index contributed by atoms with van der Waals surface area (Å²) >= 11 is 0. The molecule has 94 valence electrons. The van der Waals surface area contributed by atoms with Crippen molar-refractivity contribution in [1.29, 1.82) is 0 Å². The highest BCUT2D eigenvalue weighted by molar-refractivity contribution is 5.38. The van der Waals surface area contributed by atoms with Crippen molar-refractivity contribution in [3.8, 4) is 5.75 Å². The van der Waals surface area contributed by atoms with Gasteiger partial charge in [0.2, 0.25) is 0 Å². The van der Waals surface area contributed by atoms with Gasteiger partial charge in [-0.3, -0.25) is 0 Å². The van der Waals surface area contributed by atoms with Crippen LogP contribution in [0.3, 0.4) is 0 Å². The minimum Gasteiger partial charge on any atom is -0.496 e. The van der Waals surface area contributed by atoms with Crippen LogP contribution in [0.5, 0.6) is 5.75 Å². The summed E-state index contributed by atoms with van der Waals surface area (Å²) in [7, 11) is 1.75. The van der Waals surface area contributed by atoms with Crippen LogP contribution in [-0.2, 0) is 12.8 Å². The third kappa shape index (κ3) is 3.20. The van der Waals surface area contributed by atoms with Crippen LogP contribution >= 0.6 is 0 Å². The maximum absolute atomic E-state index is 5.44. The Morgan fingerprint density at radius 3 is 2.88 bits per heavy atom. The third-order valence-electron chi connectivity index (χ3n) is 3.34. The zero-order valence-electron chi connectivity index (χ0n) is 10.8. The molecule has 1 aliphatic heterocycles. The van der Waals surface area contributed by atoms with E-state index >= 15 is 0 Å². The quantitative estimate of drug-likeness (QED) is 0.825. The van der Waals surface area contributed by atoms with Gasteiger partial charge in [0.15, 0.2) is 0 Å². The van der Waals surface area contributed by atoms with Gasteiger partial charge in [-0.05, 0) is 30.0 Å². The van der Waals surface area contributed by atoms with Crippen molar-refractivity contribution < 1.29 is 4.74 Å². The first-order valence-corrected chi connectivity index (χ1v) is 6.43. The van der Waals surface area contributed by atoms with Crippen molar-refractivity contribution in [2.45, 2.75) is 25.8 Å². The molecule has 17 heavy (non-hydrogen) atoms. The number of ether oxygens (including phenoxy) is 1. The molecule has 0 amide bonds. The van der Waals surface area contributed by atoms with Crippen LogP contribution in [-0.4, -0.2) is 32.8 Å². The van der Waals surface area contributed by atoms with Gasteiger partial charge in [-0.25, -0.2) is 0 Å². The smallest absolute Gasteiger partial charge is 0.122 e. The number of hydrogen-bond acceptors (Lipinski definition) is 3. The second kappa shape index (κ2) is 6.03. The predicted molar refractivity (Wildman–Crippen MR) is 70.7 cm³/mol. The molecule has 1 aromatic carbocycles. The van der Waals surface area contributed by atoms with Gasteiger partial charge < -0.3 is 15.4 Å². The maximum Gasteiger partial charge on any atom is 0.122 e. The van der Waals surface area contributed by atoms with E-state index < -0.39 is 0 Å². The van der Waals surface area contributed by atoms with E-state index in [4.69, 9.17) is 4.74 Å². The summed E-state index contributed by atoms with van der Waals surface area (Å²) in [4.78, 5) is 0. The average Bonchev–Trinajstić information content (AvgIpc) is 2.40. The first kappa shape index (κ1) is 12.4. The van der Waals surface area contributed by atoms with Crippen molar-refractivity contribution in [2.24, 2.45) is 0 Å². The van der Waals surface area contributed by atoms with E-state index in [0.29, 0.717) is 6.04 Å². The summed E-state index contributed by atoms with van der Waals surface area (Å²) in [6.45, 7) is 5.36. The average molecular weight is 234 g/mol. The number of hydrogen-bond donors (Lipinski definition) is 2. The summed E-state index contributed by atoms with van der Waals surface area (Å²) < 4.78 is 5.44. The predicted octanol–water partition coefficient (Wildman–Crippen LogP) is 1.36. The second-order valence-electron chi connectivity index (χ2n) is 4.56. The van der Waals surface area contributed by atoms with Gasteiger partial charge in [0.05, 0.1) is 7.11 Å². The molecule has 2 N–H and O–H groups in total. The molecule has 1 unspecified atom stereocenters. The Morgan fingerprint density at radius 1 is 1.35 bits per heavy atom. The molecule has 1 aliphatic rings. The lowest BCUT2D eigenvalue weighted by Gasteiger charge is -2.25. The molecule has 0 aromatic heterocycles. The fraction of sp³-hybridized carbons (Fsp3) is 0.571. The summed E-state index contributed by atoms with van der Waals surface area (Å²) in [5, 5.41) is 6.96. The first-order valence-electron chi connectivity index (χ1n) is 6.43. The number of aryl methyl sites for hydroxylation is 1. The van der Waals surface area contributed by atoms with E-state index in [1.807, 2.05) is 0 Å². The Labute approximate surface area is 104 Å². The molecule has 0 radical (unpaired) electrons. The molecular formula is C14H22N2O. The number of methoxy groups -OCH3 is 1. The van der Waals surface area contributed by atoms with Gasteiger partial charge in [-0.15, -0.1) is 0 Å². The van der Waals surface area contributed by atoms with Gasteiger partial charge in [-0.1, -0.05) is 19.1 Å². The molecule has 1 saturated heterocycles. The lowest BCUT2D eigenvalue weighted by atomic mass is 10.0. The fourth-order valence-electron chi connectivity index (χ4n) is 2.33. The summed E-state index contributed by atoms with van der Waals surface area (Å²) in [5.74, 6) is 1.01. The molecule has 1 heterocycles. The molecule has 1 fully saturated rings. The van der Waals surface area contributed by atoms with Crippen LogP contribution in [0.1, 0.15) is 18.1 Å². The molecule has 0 aliphatic carbocycles. The zero-order valence-corrected chi connectivity index (χ0v) is 10.8. The van der Waals surface area contributed by atoms with Crippen molar-refractivity contribution in [2.75, 3.05) is 26.7 Å². The highest BCUT2D eigenvalue weighted by Crippen LogP contribution is 2.22. The van der Waals surface area contributed by atoms with E-state index in [0.717, 1.165) is 38.2 Å². The molecule has 3 nitrogen and oxygen atoms in total. The molecule has 0 saturated carbocycles. The van der Waals surface area contributed by atoms with Crippen LogP contribution < -0.4 is 15.4 Å². The molecule has 2 rings (SSSR count). The topological polar surface area (TPSA) is 33.3 Å². The van der Waals surface area contributed by atoms with Crippen molar-refractivity contribution in [3.05, 3.63) is 29.3 Å². The summed E-state index contributed by atoms with van der Waals surface area (Å²) in [6.07, 6.45) is 2.11. The van der Waals surface area contributed by atoms with Gasteiger partial charge in [0, 0.05) is 25.7 Å². The summed E-state index contributed by atoms with van der Waals surface area (Å²) in [5.41, 5.74) is 2.69. The van der Waals surface area contributed by atoms with Crippen LogP contribution in [0.4, 0.5) is 0 Å². The minimum absolute atomic E-state index is 0.518. The van der Waals surface area contributed by atoms with Crippen LogP contribution in [0.15, 0.2) is 18.2 Å². The van der Waals surface area contributed by atoms with Crippen LogP contribution in [0, 0.1) is 0 Å². The lowest BCUT2D eigenvalue weighted by molar-refractivity contribution is 0.390. The van der Waals surface area contributed by atoms with E-state index in [9.17, 15) is 0 Å². The van der Waals surface area contributed by atoms with Crippen LogP contribution in [0.2, 0.25) is 0 Å². The van der Waals surface area contributed by atoms with E-state index in [-0.39, 0.29) is 0 Å². The minimum atomic E-state index is 0.518. The molecule has 3 heteroatoms. The van der Waals surface area contributed by atoms with Crippen molar-refractivity contribution in [3.63, 3.8) is 0 Å². The molecule has 0 spiro atoms. The van der Waals surface area contributed by atoms with Gasteiger partial charge >= 0.3 is 0 Å². The van der Waals surface area contributed by atoms with E-state index in [1.54, 1.807) is 7.11 Å². The second-order valence-corrected chi connectivity index (χ2v) is 4.56. The fourth-order valence-corrected chi connectivity index (χ4v) is 2.33. The molecular weight excluding hydrogens is 212 g/mol.